The van der Waals surface area contributed by atoms with Crippen LogP contribution in [-0.4, -0.2) is 23.8 Å². The molecule has 1 aromatic carbocycles. The molecule has 0 aromatic heterocycles. The van der Waals surface area contributed by atoms with E-state index in [1.54, 1.807) is 0 Å². The zero-order valence-corrected chi connectivity index (χ0v) is 9.81. The quantitative estimate of drug-likeness (QED) is 0.853. The Morgan fingerprint density at radius 2 is 1.43 bits per heavy atom. The second kappa shape index (κ2) is 5.23. The van der Waals surface area contributed by atoms with Crippen molar-refractivity contribution in [2.45, 2.75) is 17.9 Å². The van der Waals surface area contributed by atoms with Crippen molar-refractivity contribution in [2.75, 3.05) is 0 Å². The monoisotopic (exact) mass is 314 g/mol. The van der Waals surface area contributed by atoms with E-state index in [0.29, 0.717) is 29.6 Å². The molecule has 0 aliphatic rings. The summed E-state index contributed by atoms with van der Waals surface area (Å²) in [5.41, 5.74) is -5.71. The summed E-state index contributed by atoms with van der Waals surface area (Å²) in [5.74, 6) is -2.66. The summed E-state index contributed by atoms with van der Waals surface area (Å²) in [6.45, 7) is 0. The van der Waals surface area contributed by atoms with Gasteiger partial charge in [-0.3, -0.25) is 4.79 Å². The Morgan fingerprint density at radius 3 is 1.76 bits per heavy atom. The number of nitriles is 1. The molecule has 1 aromatic rings. The Morgan fingerprint density at radius 1 is 1.00 bits per heavy atom. The Bertz CT molecular complexity index is 554. The fraction of sp³-hybridized carbons (Fsp3) is 0.273. The molecule has 0 aliphatic carbocycles. The summed E-state index contributed by atoms with van der Waals surface area (Å²) in [4.78, 5) is 11.4. The van der Waals surface area contributed by atoms with Gasteiger partial charge in [-0.05, 0) is 24.3 Å². The van der Waals surface area contributed by atoms with Gasteiger partial charge < -0.3 is 5.32 Å². The lowest BCUT2D eigenvalue weighted by atomic mass is 9.99. The Hall–Kier alpha value is -2.31. The van der Waals surface area contributed by atoms with Gasteiger partial charge in [0.25, 0.3) is 5.91 Å². The summed E-state index contributed by atoms with van der Waals surface area (Å²) >= 11 is 0. The third-order valence-electron chi connectivity index (χ3n) is 2.43. The van der Waals surface area contributed by atoms with E-state index in [2.05, 4.69) is 0 Å². The molecule has 1 amide bonds. The first kappa shape index (κ1) is 16.7. The van der Waals surface area contributed by atoms with Crippen LogP contribution in [0.2, 0.25) is 0 Å². The maximum Gasteiger partial charge on any atom is 0.434 e. The largest absolute Gasteiger partial charge is 0.434 e. The SMILES string of the molecule is N#CC(NC(=O)c1ccc(F)cc1)(C(F)(F)F)C(F)(F)F. The number of hydrogen-bond donors (Lipinski definition) is 1. The molecule has 0 saturated carbocycles. The Balaban J connectivity index is 3.23. The van der Waals surface area contributed by atoms with E-state index < -0.39 is 35.2 Å². The van der Waals surface area contributed by atoms with E-state index in [9.17, 15) is 35.5 Å². The highest BCUT2D eigenvalue weighted by Crippen LogP contribution is 2.42. The van der Waals surface area contributed by atoms with E-state index in [-0.39, 0.29) is 6.07 Å². The van der Waals surface area contributed by atoms with Crippen LogP contribution in [0.3, 0.4) is 0 Å². The topological polar surface area (TPSA) is 52.9 Å². The number of carbonyl (C=O) groups is 1. The molecule has 114 valence electrons. The third kappa shape index (κ3) is 3.07. The minimum atomic E-state index is -6.09. The number of nitrogens with one attached hydrogen (secondary N) is 1. The van der Waals surface area contributed by atoms with Gasteiger partial charge in [0.15, 0.2) is 0 Å². The standard InChI is InChI=1S/C11H5F7N2O/c12-7-3-1-6(2-4-7)8(21)20-9(5-19,10(13,14)15)11(16,17)18/h1-4H,(H,20,21). The first-order chi connectivity index (χ1) is 9.44. The Kier molecular flexibility index (Phi) is 4.17. The van der Waals surface area contributed by atoms with Crippen molar-refractivity contribution >= 4 is 5.91 Å². The van der Waals surface area contributed by atoms with Crippen molar-refractivity contribution in [3.63, 3.8) is 0 Å². The molecule has 0 aliphatic heterocycles. The van der Waals surface area contributed by atoms with Gasteiger partial charge >= 0.3 is 17.9 Å². The van der Waals surface area contributed by atoms with Gasteiger partial charge in [0.1, 0.15) is 11.9 Å². The summed E-state index contributed by atoms with van der Waals surface area (Å²) in [5, 5.41) is 8.95. The highest BCUT2D eigenvalue weighted by Gasteiger charge is 2.73. The first-order valence-corrected chi connectivity index (χ1v) is 5.07. The third-order valence-corrected chi connectivity index (χ3v) is 2.43. The molecule has 1 rings (SSSR count). The Labute approximate surface area is 113 Å². The molecule has 0 atom stereocenters. The van der Waals surface area contributed by atoms with E-state index in [4.69, 9.17) is 5.26 Å². The minimum Gasteiger partial charge on any atom is -0.319 e. The van der Waals surface area contributed by atoms with Gasteiger partial charge in [-0.1, -0.05) is 0 Å². The second-order valence-electron chi connectivity index (χ2n) is 3.82. The number of amides is 1. The smallest absolute Gasteiger partial charge is 0.319 e. The predicted octanol–water partition coefficient (Wildman–Crippen LogP) is 2.94. The zero-order valence-electron chi connectivity index (χ0n) is 9.81. The van der Waals surface area contributed by atoms with Gasteiger partial charge in [0, 0.05) is 5.56 Å². The summed E-state index contributed by atoms with van der Waals surface area (Å²) in [6, 6.07) is 2.75. The van der Waals surface area contributed by atoms with Crippen molar-refractivity contribution in [3.8, 4) is 6.07 Å². The number of carbonyl (C=O) groups excluding carboxylic acids is 1. The summed E-state index contributed by atoms with van der Waals surface area (Å²) in [6.07, 6.45) is -12.2. The highest BCUT2D eigenvalue weighted by atomic mass is 19.4. The van der Waals surface area contributed by atoms with E-state index in [1.807, 2.05) is 0 Å². The predicted molar refractivity (Wildman–Crippen MR) is 54.3 cm³/mol. The lowest BCUT2D eigenvalue weighted by Gasteiger charge is -2.31. The van der Waals surface area contributed by atoms with Crippen LogP contribution in [-0.2, 0) is 0 Å². The molecule has 0 spiro atoms. The van der Waals surface area contributed by atoms with Crippen molar-refractivity contribution in [1.29, 1.82) is 5.26 Å². The van der Waals surface area contributed by atoms with E-state index in [0.717, 1.165) is 0 Å². The molecular weight excluding hydrogens is 309 g/mol. The first-order valence-electron chi connectivity index (χ1n) is 5.07. The van der Waals surface area contributed by atoms with Crippen LogP contribution in [0.15, 0.2) is 24.3 Å². The molecule has 0 saturated heterocycles. The fourth-order valence-electron chi connectivity index (χ4n) is 1.30. The molecule has 3 nitrogen and oxygen atoms in total. The van der Waals surface area contributed by atoms with Gasteiger partial charge in [0.05, 0.1) is 0 Å². The average Bonchev–Trinajstić information content (AvgIpc) is 2.33. The summed E-state index contributed by atoms with van der Waals surface area (Å²) in [7, 11) is 0. The average molecular weight is 314 g/mol. The molecule has 10 heteroatoms. The minimum absolute atomic E-state index is 0.0515. The fourth-order valence-corrected chi connectivity index (χ4v) is 1.30. The van der Waals surface area contributed by atoms with Gasteiger partial charge in [0.2, 0.25) is 0 Å². The summed E-state index contributed by atoms with van der Waals surface area (Å²) < 4.78 is 88.2. The maximum absolute atomic E-state index is 12.6. The van der Waals surface area contributed by atoms with Crippen LogP contribution in [0.5, 0.6) is 0 Å². The van der Waals surface area contributed by atoms with Gasteiger partial charge in [-0.2, -0.15) is 31.6 Å². The van der Waals surface area contributed by atoms with Crippen LogP contribution >= 0.6 is 0 Å². The highest BCUT2D eigenvalue weighted by molar-refractivity contribution is 5.95. The van der Waals surface area contributed by atoms with Crippen molar-refractivity contribution in [2.24, 2.45) is 0 Å². The van der Waals surface area contributed by atoms with Crippen LogP contribution in [0.25, 0.3) is 0 Å². The number of halogens is 7. The van der Waals surface area contributed by atoms with Crippen LogP contribution < -0.4 is 5.32 Å². The molecule has 0 bridgehead atoms. The molecule has 21 heavy (non-hydrogen) atoms. The van der Waals surface area contributed by atoms with Crippen LogP contribution in [0, 0.1) is 17.1 Å². The molecule has 1 N–H and O–H groups in total. The van der Waals surface area contributed by atoms with E-state index in [1.165, 1.54) is 0 Å². The van der Waals surface area contributed by atoms with E-state index >= 15 is 0 Å². The molecule has 0 fully saturated rings. The number of alkyl halides is 6. The number of rotatable bonds is 2. The van der Waals surface area contributed by atoms with Gasteiger partial charge in [-0.15, -0.1) is 0 Å². The molecule has 0 radical (unpaired) electrons. The molecular formula is C11H5F7N2O. The lowest BCUT2D eigenvalue weighted by Crippen LogP contribution is -2.66. The normalized spacial score (nSPS) is 12.7. The maximum atomic E-state index is 12.6. The zero-order chi connectivity index (χ0) is 16.5. The van der Waals surface area contributed by atoms with Crippen LogP contribution in [0.1, 0.15) is 10.4 Å². The van der Waals surface area contributed by atoms with Crippen molar-refractivity contribution in [3.05, 3.63) is 35.6 Å². The van der Waals surface area contributed by atoms with Crippen LogP contribution in [0.4, 0.5) is 30.7 Å². The molecule has 0 unspecified atom stereocenters. The number of nitrogens with zero attached hydrogens (tertiary/aromatic N) is 1. The number of benzene rings is 1. The second-order valence-corrected chi connectivity index (χ2v) is 3.82. The van der Waals surface area contributed by atoms with Crippen molar-refractivity contribution in [1.82, 2.24) is 5.32 Å². The number of hydrogen-bond acceptors (Lipinski definition) is 2. The van der Waals surface area contributed by atoms with Crippen molar-refractivity contribution < 1.29 is 35.5 Å². The molecule has 0 heterocycles. The van der Waals surface area contributed by atoms with Gasteiger partial charge in [-0.25, -0.2) is 4.39 Å². The lowest BCUT2D eigenvalue weighted by molar-refractivity contribution is -0.283.